The minimum absolute atomic E-state index is 0.0872. The van der Waals surface area contributed by atoms with Crippen molar-refractivity contribution < 1.29 is 9.90 Å². The zero-order chi connectivity index (χ0) is 22.6. The molecule has 5 aromatic rings. The lowest BCUT2D eigenvalue weighted by Gasteiger charge is -2.12. The van der Waals surface area contributed by atoms with E-state index in [0.717, 1.165) is 33.4 Å². The van der Waals surface area contributed by atoms with Crippen LogP contribution in [0.3, 0.4) is 0 Å². The Bertz CT molecular complexity index is 1460. The van der Waals surface area contributed by atoms with Crippen molar-refractivity contribution in [1.82, 2.24) is 9.99 Å². The van der Waals surface area contributed by atoms with Crippen molar-refractivity contribution in [2.24, 2.45) is 5.10 Å². The monoisotopic (exact) mass is 431 g/mol. The Labute approximate surface area is 191 Å². The average Bonchev–Trinajstić information content (AvgIpc) is 3.19. The summed E-state index contributed by atoms with van der Waals surface area (Å²) in [6.45, 7) is 0. The third-order valence-electron chi connectivity index (χ3n) is 5.48. The summed E-state index contributed by atoms with van der Waals surface area (Å²) < 4.78 is 2.21. The van der Waals surface area contributed by atoms with Crippen LogP contribution in [0, 0.1) is 0 Å². The molecule has 1 aromatic heterocycles. The van der Waals surface area contributed by atoms with Gasteiger partial charge in [-0.15, -0.1) is 0 Å². The number of benzene rings is 4. The summed E-state index contributed by atoms with van der Waals surface area (Å²) in [5, 5.41) is 15.2. The summed E-state index contributed by atoms with van der Waals surface area (Å²) in [5.74, 6) is -0.562. The summed E-state index contributed by atoms with van der Waals surface area (Å²) >= 11 is 0. The zero-order valence-corrected chi connectivity index (χ0v) is 17.7. The maximum absolute atomic E-state index is 12.5. The predicted molar refractivity (Wildman–Crippen MR) is 132 cm³/mol. The molecule has 5 heteroatoms. The molecule has 0 aliphatic rings. The van der Waals surface area contributed by atoms with Crippen LogP contribution >= 0.6 is 0 Å². The number of hydrogen-bond acceptors (Lipinski definition) is 3. The molecule has 1 amide bonds. The Morgan fingerprint density at radius 3 is 2.18 bits per heavy atom. The van der Waals surface area contributed by atoms with E-state index >= 15 is 0 Å². The largest absolute Gasteiger partial charge is 0.507 e. The van der Waals surface area contributed by atoms with E-state index in [-0.39, 0.29) is 11.3 Å². The second-order valence-corrected chi connectivity index (χ2v) is 7.53. The van der Waals surface area contributed by atoms with Gasteiger partial charge in [0.15, 0.2) is 0 Å². The third kappa shape index (κ3) is 3.88. The highest BCUT2D eigenvalue weighted by molar-refractivity contribution is 6.08. The van der Waals surface area contributed by atoms with Crippen LogP contribution in [-0.2, 0) is 0 Å². The highest BCUT2D eigenvalue weighted by Crippen LogP contribution is 2.35. The molecule has 0 fully saturated rings. The first-order valence-corrected chi connectivity index (χ1v) is 10.6. The van der Waals surface area contributed by atoms with Crippen LogP contribution in [0.2, 0.25) is 0 Å². The summed E-state index contributed by atoms with van der Waals surface area (Å²) in [7, 11) is 0. The van der Waals surface area contributed by atoms with Crippen LogP contribution in [0.15, 0.2) is 114 Å². The second-order valence-electron chi connectivity index (χ2n) is 7.53. The van der Waals surface area contributed by atoms with Crippen molar-refractivity contribution in [2.75, 3.05) is 0 Å². The van der Waals surface area contributed by atoms with E-state index in [4.69, 9.17) is 0 Å². The fourth-order valence-corrected chi connectivity index (χ4v) is 4.00. The summed E-state index contributed by atoms with van der Waals surface area (Å²) in [6.07, 6.45) is 1.67. The number of carbonyl (C=O) groups is 1. The Morgan fingerprint density at radius 2 is 1.42 bits per heavy atom. The van der Waals surface area contributed by atoms with Gasteiger partial charge in [-0.2, -0.15) is 5.10 Å². The number of para-hydroxylation sites is 3. The highest BCUT2D eigenvalue weighted by atomic mass is 16.3. The van der Waals surface area contributed by atoms with Crippen molar-refractivity contribution in [1.29, 1.82) is 0 Å². The Balaban J connectivity index is 1.65. The average molecular weight is 431 g/mol. The van der Waals surface area contributed by atoms with Gasteiger partial charge in [-0.1, -0.05) is 78.9 Å². The molecule has 0 aliphatic carbocycles. The molecule has 4 aromatic carbocycles. The Kier molecular flexibility index (Phi) is 5.43. The predicted octanol–water partition coefficient (Wildman–Crippen LogP) is 5.77. The minimum atomic E-state index is -0.475. The molecule has 5 rings (SSSR count). The van der Waals surface area contributed by atoms with Crippen molar-refractivity contribution in [3.63, 3.8) is 0 Å². The van der Waals surface area contributed by atoms with Gasteiger partial charge in [0.1, 0.15) is 5.75 Å². The lowest BCUT2D eigenvalue weighted by molar-refractivity contribution is 0.0952. The normalized spacial score (nSPS) is 11.2. The molecule has 0 atom stereocenters. The van der Waals surface area contributed by atoms with E-state index in [0.29, 0.717) is 0 Å². The van der Waals surface area contributed by atoms with Gasteiger partial charge in [0.2, 0.25) is 0 Å². The van der Waals surface area contributed by atoms with Gasteiger partial charge in [0, 0.05) is 16.6 Å². The number of amides is 1. The molecule has 0 aliphatic heterocycles. The van der Waals surface area contributed by atoms with E-state index < -0.39 is 5.91 Å². The van der Waals surface area contributed by atoms with E-state index in [1.165, 1.54) is 6.07 Å². The van der Waals surface area contributed by atoms with Crippen LogP contribution in [0.1, 0.15) is 15.9 Å². The first kappa shape index (κ1) is 20.3. The van der Waals surface area contributed by atoms with E-state index in [9.17, 15) is 9.90 Å². The SMILES string of the molecule is O=C(N/N=C\c1c(-c2ccccc2)n(-c2ccccc2)c2ccccc12)c1ccccc1O. The van der Waals surface area contributed by atoms with Crippen molar-refractivity contribution in [2.45, 2.75) is 0 Å². The number of aromatic nitrogens is 1. The molecule has 0 saturated carbocycles. The number of phenols is 1. The molecular formula is C28H21N3O2. The molecular weight excluding hydrogens is 410 g/mol. The fourth-order valence-electron chi connectivity index (χ4n) is 4.00. The smallest absolute Gasteiger partial charge is 0.275 e. The first-order valence-electron chi connectivity index (χ1n) is 10.6. The topological polar surface area (TPSA) is 66.6 Å². The van der Waals surface area contributed by atoms with Gasteiger partial charge in [-0.25, -0.2) is 5.43 Å². The number of hydrogen-bond donors (Lipinski definition) is 2. The molecule has 5 nitrogen and oxygen atoms in total. The summed E-state index contributed by atoms with van der Waals surface area (Å²) in [6, 6.07) is 34.8. The Hall–Kier alpha value is -4.64. The second kappa shape index (κ2) is 8.85. The lowest BCUT2D eigenvalue weighted by Crippen LogP contribution is -2.17. The van der Waals surface area contributed by atoms with Gasteiger partial charge >= 0.3 is 0 Å². The van der Waals surface area contributed by atoms with Crippen molar-refractivity contribution in [3.8, 4) is 22.7 Å². The van der Waals surface area contributed by atoms with Crippen molar-refractivity contribution in [3.05, 3.63) is 120 Å². The number of carbonyl (C=O) groups excluding carboxylic acids is 1. The molecule has 0 radical (unpaired) electrons. The Morgan fingerprint density at radius 1 is 0.788 bits per heavy atom. The molecule has 1 heterocycles. The van der Waals surface area contributed by atoms with Crippen LogP contribution in [-0.4, -0.2) is 21.8 Å². The van der Waals surface area contributed by atoms with Crippen LogP contribution in [0.5, 0.6) is 5.75 Å². The van der Waals surface area contributed by atoms with Crippen molar-refractivity contribution >= 4 is 23.0 Å². The number of hydrazone groups is 1. The van der Waals surface area contributed by atoms with Gasteiger partial charge in [0.05, 0.1) is 23.0 Å². The highest BCUT2D eigenvalue weighted by Gasteiger charge is 2.18. The van der Waals surface area contributed by atoms with E-state index in [1.54, 1.807) is 24.4 Å². The molecule has 160 valence electrons. The standard InChI is InChI=1S/C28H21N3O2/c32-26-18-10-8-16-23(26)28(33)30-29-19-24-22-15-7-9-17-25(22)31(21-13-5-2-6-14-21)27(24)20-11-3-1-4-12-20/h1-19,32H,(H,30,33)/b29-19-. The molecule has 0 unspecified atom stereocenters. The van der Waals surface area contributed by atoms with Gasteiger partial charge in [0.25, 0.3) is 5.91 Å². The number of phenolic OH excluding ortho intramolecular Hbond substituents is 1. The molecule has 0 bridgehead atoms. The van der Waals surface area contributed by atoms with E-state index in [2.05, 4.69) is 45.4 Å². The fraction of sp³-hybridized carbons (Fsp3) is 0. The molecule has 2 N–H and O–H groups in total. The lowest BCUT2D eigenvalue weighted by atomic mass is 10.1. The van der Waals surface area contributed by atoms with Crippen LogP contribution < -0.4 is 5.43 Å². The molecule has 33 heavy (non-hydrogen) atoms. The number of rotatable bonds is 5. The number of nitrogens with one attached hydrogen (secondary N) is 1. The number of fused-ring (bicyclic) bond motifs is 1. The maximum Gasteiger partial charge on any atom is 0.275 e. The first-order chi connectivity index (χ1) is 16.2. The van der Waals surface area contributed by atoms with Gasteiger partial charge in [-0.3, -0.25) is 4.79 Å². The van der Waals surface area contributed by atoms with Crippen LogP contribution in [0.4, 0.5) is 0 Å². The zero-order valence-electron chi connectivity index (χ0n) is 17.7. The third-order valence-corrected chi connectivity index (χ3v) is 5.48. The number of nitrogens with zero attached hydrogens (tertiary/aromatic N) is 2. The van der Waals surface area contributed by atoms with Crippen LogP contribution in [0.25, 0.3) is 27.8 Å². The maximum atomic E-state index is 12.5. The summed E-state index contributed by atoms with van der Waals surface area (Å²) in [4.78, 5) is 12.5. The molecule has 0 spiro atoms. The molecule has 0 saturated heterocycles. The number of aromatic hydroxyl groups is 1. The quantitative estimate of drug-likeness (QED) is 0.274. The summed E-state index contributed by atoms with van der Waals surface area (Å²) in [5.41, 5.74) is 7.68. The minimum Gasteiger partial charge on any atom is -0.507 e. The van der Waals surface area contributed by atoms with Gasteiger partial charge < -0.3 is 9.67 Å². The van der Waals surface area contributed by atoms with Gasteiger partial charge in [-0.05, 0) is 35.9 Å². The van der Waals surface area contributed by atoms with E-state index in [1.807, 2.05) is 54.6 Å².